The van der Waals surface area contributed by atoms with Crippen LogP contribution < -0.4 is 5.32 Å². The van der Waals surface area contributed by atoms with E-state index in [9.17, 15) is 0 Å². The summed E-state index contributed by atoms with van der Waals surface area (Å²) >= 11 is 0. The van der Waals surface area contributed by atoms with Crippen molar-refractivity contribution >= 4 is 0 Å². The minimum absolute atomic E-state index is 0.681. The predicted octanol–water partition coefficient (Wildman–Crippen LogP) is 1.39. The number of hydrogen-bond acceptors (Lipinski definition) is 1. The van der Waals surface area contributed by atoms with Gasteiger partial charge in [-0.1, -0.05) is 6.92 Å². The molecule has 3 unspecified atom stereocenters. The van der Waals surface area contributed by atoms with Crippen molar-refractivity contribution in [1.29, 1.82) is 0 Å². The number of fused-ring (bicyclic) bond motifs is 1. The highest BCUT2D eigenvalue weighted by Crippen LogP contribution is 2.51. The topological polar surface area (TPSA) is 12.0 Å². The Labute approximate surface area is 56.8 Å². The average Bonchev–Trinajstić information content (AvgIpc) is 1.96. The lowest BCUT2D eigenvalue weighted by Gasteiger charge is -2.44. The summed E-state index contributed by atoms with van der Waals surface area (Å²) in [4.78, 5) is 0. The SMILES string of the molecule is CC1NCC2CCC21C. The zero-order valence-electron chi connectivity index (χ0n) is 6.28. The van der Waals surface area contributed by atoms with Gasteiger partial charge in [-0.3, -0.25) is 0 Å². The monoisotopic (exact) mass is 125 g/mol. The fourth-order valence-electron chi connectivity index (χ4n) is 2.26. The van der Waals surface area contributed by atoms with Gasteiger partial charge in [0, 0.05) is 6.04 Å². The molecule has 0 amide bonds. The fourth-order valence-corrected chi connectivity index (χ4v) is 2.26. The highest BCUT2D eigenvalue weighted by molar-refractivity contribution is 5.04. The Balaban J connectivity index is 2.18. The van der Waals surface area contributed by atoms with Gasteiger partial charge in [-0.05, 0) is 37.6 Å². The molecule has 0 aromatic carbocycles. The van der Waals surface area contributed by atoms with Crippen LogP contribution in [0.1, 0.15) is 26.7 Å². The first-order valence-electron chi connectivity index (χ1n) is 3.97. The zero-order valence-corrected chi connectivity index (χ0v) is 6.28. The Hall–Kier alpha value is -0.0400. The van der Waals surface area contributed by atoms with Crippen LogP contribution in [0.15, 0.2) is 0 Å². The van der Waals surface area contributed by atoms with Crippen molar-refractivity contribution < 1.29 is 0 Å². The lowest BCUT2D eigenvalue weighted by atomic mass is 9.60. The van der Waals surface area contributed by atoms with Crippen molar-refractivity contribution in [1.82, 2.24) is 5.32 Å². The minimum Gasteiger partial charge on any atom is -0.313 e. The summed E-state index contributed by atoms with van der Waals surface area (Å²) in [5, 5.41) is 3.52. The van der Waals surface area contributed by atoms with Crippen molar-refractivity contribution in [3.8, 4) is 0 Å². The first-order chi connectivity index (χ1) is 4.23. The van der Waals surface area contributed by atoms with E-state index in [2.05, 4.69) is 19.2 Å². The van der Waals surface area contributed by atoms with Crippen molar-refractivity contribution in [2.75, 3.05) is 6.54 Å². The van der Waals surface area contributed by atoms with E-state index in [4.69, 9.17) is 0 Å². The molecule has 1 heterocycles. The highest BCUT2D eigenvalue weighted by atomic mass is 15.0. The fraction of sp³-hybridized carbons (Fsp3) is 1.00. The molecule has 0 spiro atoms. The van der Waals surface area contributed by atoms with E-state index in [-0.39, 0.29) is 0 Å². The van der Waals surface area contributed by atoms with Crippen LogP contribution in [0.2, 0.25) is 0 Å². The molecule has 0 aromatic heterocycles. The smallest absolute Gasteiger partial charge is 0.00957 e. The minimum atomic E-state index is 0.681. The van der Waals surface area contributed by atoms with E-state index in [0.717, 1.165) is 12.0 Å². The first-order valence-corrected chi connectivity index (χ1v) is 3.97. The van der Waals surface area contributed by atoms with Gasteiger partial charge in [-0.25, -0.2) is 0 Å². The first kappa shape index (κ1) is 5.72. The molecule has 2 rings (SSSR count). The zero-order chi connectivity index (χ0) is 6.48. The van der Waals surface area contributed by atoms with Crippen LogP contribution in [0, 0.1) is 11.3 Å². The molecule has 2 aliphatic rings. The van der Waals surface area contributed by atoms with E-state index in [1.54, 1.807) is 0 Å². The maximum atomic E-state index is 3.52. The maximum absolute atomic E-state index is 3.52. The van der Waals surface area contributed by atoms with E-state index >= 15 is 0 Å². The van der Waals surface area contributed by atoms with Gasteiger partial charge >= 0.3 is 0 Å². The standard InChI is InChI=1S/C8H15N/c1-6-8(2)4-3-7(8)5-9-6/h6-7,9H,3-5H2,1-2H3. The quantitative estimate of drug-likeness (QED) is 0.516. The number of rotatable bonds is 0. The molecular weight excluding hydrogens is 110 g/mol. The average molecular weight is 125 g/mol. The maximum Gasteiger partial charge on any atom is 0.00957 e. The summed E-state index contributed by atoms with van der Waals surface area (Å²) in [5.74, 6) is 1.01. The number of nitrogens with one attached hydrogen (secondary N) is 1. The molecule has 1 nitrogen and oxygen atoms in total. The van der Waals surface area contributed by atoms with Crippen LogP contribution in [0.4, 0.5) is 0 Å². The second-order valence-electron chi connectivity index (χ2n) is 3.87. The highest BCUT2D eigenvalue weighted by Gasteiger charge is 2.50. The molecule has 1 heteroatoms. The van der Waals surface area contributed by atoms with E-state index in [0.29, 0.717) is 5.41 Å². The third-order valence-corrected chi connectivity index (χ3v) is 3.62. The number of hydrogen-bond donors (Lipinski definition) is 1. The molecule has 9 heavy (non-hydrogen) atoms. The van der Waals surface area contributed by atoms with Gasteiger partial charge in [0.15, 0.2) is 0 Å². The van der Waals surface area contributed by atoms with Crippen LogP contribution in [0.3, 0.4) is 0 Å². The van der Waals surface area contributed by atoms with Gasteiger partial charge in [-0.15, -0.1) is 0 Å². The largest absolute Gasteiger partial charge is 0.313 e. The van der Waals surface area contributed by atoms with E-state index < -0.39 is 0 Å². The Bertz CT molecular complexity index is 125. The van der Waals surface area contributed by atoms with Gasteiger partial charge in [0.05, 0.1) is 0 Å². The van der Waals surface area contributed by atoms with E-state index in [1.165, 1.54) is 19.4 Å². The summed E-state index contributed by atoms with van der Waals surface area (Å²) in [6.45, 7) is 6.02. The second-order valence-corrected chi connectivity index (χ2v) is 3.87. The van der Waals surface area contributed by atoms with Gasteiger partial charge in [0.1, 0.15) is 0 Å². The summed E-state index contributed by atoms with van der Waals surface area (Å²) < 4.78 is 0. The van der Waals surface area contributed by atoms with Gasteiger partial charge in [0.25, 0.3) is 0 Å². The molecule has 52 valence electrons. The predicted molar refractivity (Wildman–Crippen MR) is 38.3 cm³/mol. The third kappa shape index (κ3) is 0.536. The molecule has 2 fully saturated rings. The van der Waals surface area contributed by atoms with Crippen LogP contribution in [0.5, 0.6) is 0 Å². The Morgan fingerprint density at radius 2 is 2.33 bits per heavy atom. The van der Waals surface area contributed by atoms with Crippen LogP contribution in [-0.2, 0) is 0 Å². The molecular formula is C8H15N. The molecule has 1 aliphatic carbocycles. The third-order valence-electron chi connectivity index (χ3n) is 3.62. The van der Waals surface area contributed by atoms with Crippen molar-refractivity contribution in [3.05, 3.63) is 0 Å². The molecule has 1 saturated carbocycles. The molecule has 0 radical (unpaired) electrons. The van der Waals surface area contributed by atoms with Crippen molar-refractivity contribution in [3.63, 3.8) is 0 Å². The Morgan fingerprint density at radius 3 is 2.56 bits per heavy atom. The van der Waals surface area contributed by atoms with Crippen LogP contribution in [-0.4, -0.2) is 12.6 Å². The summed E-state index contributed by atoms with van der Waals surface area (Å²) in [6, 6.07) is 0.774. The Morgan fingerprint density at radius 1 is 1.56 bits per heavy atom. The van der Waals surface area contributed by atoms with Gasteiger partial charge in [0.2, 0.25) is 0 Å². The molecule has 1 aliphatic heterocycles. The summed E-state index contributed by atoms with van der Waals surface area (Å²) in [5.41, 5.74) is 0.681. The molecule has 0 aromatic rings. The summed E-state index contributed by atoms with van der Waals surface area (Å²) in [6.07, 6.45) is 2.92. The lowest BCUT2D eigenvalue weighted by molar-refractivity contribution is 0.0808. The van der Waals surface area contributed by atoms with Gasteiger partial charge < -0.3 is 5.32 Å². The normalized spacial score (nSPS) is 56.7. The van der Waals surface area contributed by atoms with Gasteiger partial charge in [-0.2, -0.15) is 0 Å². The summed E-state index contributed by atoms with van der Waals surface area (Å²) in [7, 11) is 0. The molecule has 0 bridgehead atoms. The molecule has 1 saturated heterocycles. The van der Waals surface area contributed by atoms with Crippen LogP contribution >= 0.6 is 0 Å². The lowest BCUT2D eigenvalue weighted by Crippen LogP contribution is -2.41. The molecule has 3 atom stereocenters. The second kappa shape index (κ2) is 1.51. The van der Waals surface area contributed by atoms with E-state index in [1.807, 2.05) is 0 Å². The molecule has 1 N–H and O–H groups in total. The van der Waals surface area contributed by atoms with Crippen molar-refractivity contribution in [2.24, 2.45) is 11.3 Å². The van der Waals surface area contributed by atoms with Crippen molar-refractivity contribution in [2.45, 2.75) is 32.7 Å². The Kier molecular flexibility index (Phi) is 0.963. The van der Waals surface area contributed by atoms with Crippen LogP contribution in [0.25, 0.3) is 0 Å².